The molecule has 2 aromatic rings. The lowest BCUT2D eigenvalue weighted by Gasteiger charge is -2.42. The van der Waals surface area contributed by atoms with E-state index in [2.05, 4.69) is 15.5 Å². The van der Waals surface area contributed by atoms with Gasteiger partial charge in [0.15, 0.2) is 0 Å². The van der Waals surface area contributed by atoms with Crippen molar-refractivity contribution < 1.29 is 53.5 Å². The van der Waals surface area contributed by atoms with Crippen LogP contribution < -0.4 is 15.5 Å². The molecule has 218 valence electrons. The van der Waals surface area contributed by atoms with Crippen molar-refractivity contribution in [1.29, 1.82) is 0 Å². The second-order valence-corrected chi connectivity index (χ2v) is 9.65. The molecule has 0 unspecified atom stereocenters. The van der Waals surface area contributed by atoms with Crippen molar-refractivity contribution in [3.05, 3.63) is 52.8 Å². The summed E-state index contributed by atoms with van der Waals surface area (Å²) in [5.41, 5.74) is 3.64. The van der Waals surface area contributed by atoms with Crippen LogP contribution in [0.2, 0.25) is 0 Å². The van der Waals surface area contributed by atoms with Crippen molar-refractivity contribution in [2.75, 3.05) is 36.4 Å². The van der Waals surface area contributed by atoms with Crippen LogP contribution in [0, 0.1) is 11.7 Å². The lowest BCUT2D eigenvalue weighted by molar-refractivity contribution is -0.193. The van der Waals surface area contributed by atoms with E-state index in [1.165, 1.54) is 16.8 Å². The summed E-state index contributed by atoms with van der Waals surface area (Å²) in [5, 5.41) is 6.49. The third-order valence-electron chi connectivity index (χ3n) is 6.84. The predicted molar refractivity (Wildman–Crippen MR) is 123 cm³/mol. The fourth-order valence-corrected chi connectivity index (χ4v) is 5.23. The van der Waals surface area contributed by atoms with Crippen molar-refractivity contribution >= 4 is 28.6 Å². The van der Waals surface area contributed by atoms with Crippen LogP contribution in [-0.2, 0) is 22.2 Å². The molecule has 0 saturated carbocycles. The minimum absolute atomic E-state index is 0.115. The summed E-state index contributed by atoms with van der Waals surface area (Å²) >= 11 is 0. The fourth-order valence-electron chi connectivity index (χ4n) is 5.23. The number of ketones is 2. The molecule has 2 N–H and O–H groups in total. The molecule has 15 heteroatoms. The van der Waals surface area contributed by atoms with E-state index in [1.807, 2.05) is 12.1 Å². The number of Topliss-reactive ketones (excluding diaryl/α,β-unsaturated/α-hetero) is 2. The summed E-state index contributed by atoms with van der Waals surface area (Å²) in [5.74, 6) is -6.74. The topological polar surface area (TPSA) is 61.4 Å². The lowest BCUT2D eigenvalue weighted by Crippen LogP contribution is -2.41. The van der Waals surface area contributed by atoms with Crippen molar-refractivity contribution in [3.63, 3.8) is 0 Å². The SMILES string of the molecule is Fc1cc(Nc2cc3c4c(c2)[C@@H]2CNC[C@@H]2CN4CCC3)cc(C(F)(F)F)c1.O=C(C(=O)C(F)(F)F)C(F)(F)F. The van der Waals surface area contributed by atoms with E-state index in [9.17, 15) is 53.5 Å². The molecule has 3 aliphatic heterocycles. The molecule has 5 nitrogen and oxygen atoms in total. The van der Waals surface area contributed by atoms with Gasteiger partial charge in [-0.3, -0.25) is 9.59 Å². The molecule has 0 radical (unpaired) electrons. The number of anilines is 3. The highest BCUT2D eigenvalue weighted by Gasteiger charge is 2.54. The summed E-state index contributed by atoms with van der Waals surface area (Å²) in [6, 6.07) is 6.63. The molecular formula is C25H21F10N3O2. The Morgan fingerprint density at radius 1 is 0.850 bits per heavy atom. The van der Waals surface area contributed by atoms with E-state index in [1.54, 1.807) is 0 Å². The Morgan fingerprint density at radius 3 is 2.08 bits per heavy atom. The predicted octanol–water partition coefficient (Wildman–Crippen LogP) is 5.91. The Balaban J connectivity index is 0.000000263. The lowest BCUT2D eigenvalue weighted by atomic mass is 9.80. The number of hydrogen-bond acceptors (Lipinski definition) is 5. The number of nitrogens with one attached hydrogen (secondary N) is 2. The number of aryl methyl sites for hydroxylation is 1. The monoisotopic (exact) mass is 585 g/mol. The zero-order valence-electron chi connectivity index (χ0n) is 20.3. The fraction of sp³-hybridized carbons (Fsp3) is 0.440. The van der Waals surface area contributed by atoms with Crippen LogP contribution in [-0.4, -0.2) is 50.1 Å². The van der Waals surface area contributed by atoms with Gasteiger partial charge in [-0.25, -0.2) is 4.39 Å². The first kappa shape index (κ1) is 29.6. The number of hydrogen-bond donors (Lipinski definition) is 2. The Hall–Kier alpha value is -3.36. The second kappa shape index (κ2) is 10.6. The normalized spacial score (nSPS) is 20.2. The van der Waals surface area contributed by atoms with Gasteiger partial charge in [0, 0.05) is 49.2 Å². The number of benzene rings is 2. The summed E-state index contributed by atoms with van der Waals surface area (Å²) in [4.78, 5) is 21.7. The van der Waals surface area contributed by atoms with Gasteiger partial charge in [0.1, 0.15) is 5.82 Å². The number of carbonyl (C=O) groups is 2. The van der Waals surface area contributed by atoms with Gasteiger partial charge in [-0.15, -0.1) is 0 Å². The van der Waals surface area contributed by atoms with E-state index in [4.69, 9.17) is 0 Å². The van der Waals surface area contributed by atoms with Crippen LogP contribution in [0.25, 0.3) is 0 Å². The van der Waals surface area contributed by atoms with E-state index in [0.717, 1.165) is 56.8 Å². The van der Waals surface area contributed by atoms with Gasteiger partial charge in [0.2, 0.25) is 0 Å². The maximum Gasteiger partial charge on any atom is 0.458 e. The van der Waals surface area contributed by atoms with Crippen molar-refractivity contribution in [1.82, 2.24) is 5.32 Å². The highest BCUT2D eigenvalue weighted by Crippen LogP contribution is 2.46. The first-order valence-electron chi connectivity index (χ1n) is 11.9. The van der Waals surface area contributed by atoms with Crippen LogP contribution in [0.3, 0.4) is 0 Å². The van der Waals surface area contributed by atoms with Crippen LogP contribution in [0.5, 0.6) is 0 Å². The third-order valence-corrected chi connectivity index (χ3v) is 6.84. The third kappa shape index (κ3) is 6.34. The summed E-state index contributed by atoms with van der Waals surface area (Å²) in [7, 11) is 0. The molecule has 1 saturated heterocycles. The second-order valence-electron chi connectivity index (χ2n) is 9.65. The molecule has 0 aromatic heterocycles. The van der Waals surface area contributed by atoms with E-state index in [-0.39, 0.29) is 5.69 Å². The largest absolute Gasteiger partial charge is 0.458 e. The molecule has 0 aliphatic carbocycles. The average molecular weight is 585 g/mol. The first-order chi connectivity index (χ1) is 18.4. The number of fused-ring (bicyclic) bond motifs is 2. The molecule has 3 heterocycles. The van der Waals surface area contributed by atoms with Crippen LogP contribution in [0.1, 0.15) is 29.0 Å². The van der Waals surface area contributed by atoms with Crippen LogP contribution >= 0.6 is 0 Å². The van der Waals surface area contributed by atoms with E-state index in [0.29, 0.717) is 17.9 Å². The van der Waals surface area contributed by atoms with Gasteiger partial charge in [-0.1, -0.05) is 0 Å². The highest BCUT2D eigenvalue weighted by atomic mass is 19.4. The quantitative estimate of drug-likeness (QED) is 0.347. The molecule has 1 fully saturated rings. The summed E-state index contributed by atoms with van der Waals surface area (Å²) in [6.45, 7) is 4.02. The van der Waals surface area contributed by atoms with Gasteiger partial charge in [-0.2, -0.15) is 39.5 Å². The van der Waals surface area contributed by atoms with Gasteiger partial charge in [0.05, 0.1) is 5.56 Å². The van der Waals surface area contributed by atoms with Gasteiger partial charge in [-0.05, 0) is 60.2 Å². The van der Waals surface area contributed by atoms with Crippen molar-refractivity contribution in [2.24, 2.45) is 5.92 Å². The zero-order chi connectivity index (χ0) is 29.6. The summed E-state index contributed by atoms with van der Waals surface area (Å²) < 4.78 is 120. The van der Waals surface area contributed by atoms with Gasteiger partial charge >= 0.3 is 30.1 Å². The minimum atomic E-state index is -5.77. The molecule has 0 spiro atoms. The molecule has 0 bridgehead atoms. The number of nitrogens with zero attached hydrogens (tertiary/aromatic N) is 1. The van der Waals surface area contributed by atoms with E-state index >= 15 is 0 Å². The van der Waals surface area contributed by atoms with Crippen molar-refractivity contribution in [3.8, 4) is 0 Å². The standard InChI is InChI=1S/C21H21F4N3.C4F6O2/c22-15-5-14(21(23,24)25)6-17(7-15)27-16-4-12-2-1-3-28-11-13-9-26-10-19(13)18(8-16)20(12)28;5-3(6,7)1(11)2(12)4(8,9)10/h4-8,13,19,26-27H,1-3,9-11H2;/t13-,19-;/m1./s1. The Bertz CT molecular complexity index is 1280. The molecular weight excluding hydrogens is 564 g/mol. The van der Waals surface area contributed by atoms with E-state index < -0.39 is 41.5 Å². The van der Waals surface area contributed by atoms with Gasteiger partial charge < -0.3 is 15.5 Å². The molecule has 5 rings (SSSR count). The minimum Gasteiger partial charge on any atom is -0.371 e. The zero-order valence-corrected chi connectivity index (χ0v) is 20.3. The van der Waals surface area contributed by atoms with Crippen molar-refractivity contribution in [2.45, 2.75) is 37.3 Å². The Kier molecular flexibility index (Phi) is 7.82. The molecule has 0 amide bonds. The Labute approximate surface area is 220 Å². The highest BCUT2D eigenvalue weighted by molar-refractivity contribution is 6.41. The number of carbonyl (C=O) groups excluding carboxylic acids is 2. The maximum absolute atomic E-state index is 13.8. The Morgan fingerprint density at radius 2 is 1.48 bits per heavy atom. The van der Waals surface area contributed by atoms with Crippen LogP contribution in [0.4, 0.5) is 61.0 Å². The number of rotatable bonds is 3. The average Bonchev–Trinajstić information content (AvgIpc) is 3.30. The maximum atomic E-state index is 13.8. The first-order valence-corrected chi connectivity index (χ1v) is 11.9. The molecule has 2 atom stereocenters. The molecule has 40 heavy (non-hydrogen) atoms. The van der Waals surface area contributed by atoms with Gasteiger partial charge in [0.25, 0.3) is 0 Å². The van der Waals surface area contributed by atoms with Crippen LogP contribution in [0.15, 0.2) is 30.3 Å². The smallest absolute Gasteiger partial charge is 0.371 e. The molecule has 2 aromatic carbocycles. The summed E-state index contributed by atoms with van der Waals surface area (Å²) in [6.07, 6.45) is -14.1. The molecule has 3 aliphatic rings. The number of alkyl halides is 9. The number of halogens is 10.